The maximum absolute atomic E-state index is 13.3. The van der Waals surface area contributed by atoms with Gasteiger partial charge in [0, 0.05) is 38.1 Å². The van der Waals surface area contributed by atoms with Crippen molar-refractivity contribution in [2.45, 2.75) is 12.5 Å². The van der Waals surface area contributed by atoms with Crippen molar-refractivity contribution in [2.24, 2.45) is 4.99 Å². The van der Waals surface area contributed by atoms with Crippen molar-refractivity contribution in [2.75, 3.05) is 42.4 Å². The van der Waals surface area contributed by atoms with Gasteiger partial charge < -0.3 is 9.64 Å². The van der Waals surface area contributed by atoms with Gasteiger partial charge >= 0.3 is 12.0 Å². The summed E-state index contributed by atoms with van der Waals surface area (Å²) in [4.78, 5) is 34.6. The van der Waals surface area contributed by atoms with Crippen molar-refractivity contribution in [3.05, 3.63) is 54.2 Å². The molecule has 162 valence electrons. The average Bonchev–Trinajstić information content (AvgIpc) is 3.23. The second-order valence-electron chi connectivity index (χ2n) is 7.67. The van der Waals surface area contributed by atoms with E-state index < -0.39 is 0 Å². The third-order valence-electron chi connectivity index (χ3n) is 5.68. The highest BCUT2D eigenvalue weighted by Gasteiger charge is 2.40. The number of ether oxygens (including phenoxy) is 1. The summed E-state index contributed by atoms with van der Waals surface area (Å²) in [7, 11) is 3.24. The topological polar surface area (TPSA) is 95.8 Å². The van der Waals surface area contributed by atoms with Gasteiger partial charge in [0.25, 0.3) is 0 Å². The fraction of sp³-hybridized carbons (Fsp3) is 0.261. The number of amides is 2. The number of hydrogen-bond acceptors (Lipinski definition) is 7. The number of anilines is 3. The molecule has 32 heavy (non-hydrogen) atoms. The van der Waals surface area contributed by atoms with Gasteiger partial charge in [0.1, 0.15) is 5.82 Å². The maximum Gasteiger partial charge on any atom is 0.329 e. The number of carbonyl (C=O) groups excluding carboxylic acids is 1. The number of aliphatic imine (C=N–C) groups is 1. The monoisotopic (exact) mass is 429 g/mol. The van der Waals surface area contributed by atoms with Crippen molar-refractivity contribution in [1.29, 1.82) is 0 Å². The number of urea groups is 1. The van der Waals surface area contributed by atoms with E-state index in [9.17, 15) is 4.79 Å². The van der Waals surface area contributed by atoms with Crippen LogP contribution in [-0.2, 0) is 0 Å². The summed E-state index contributed by atoms with van der Waals surface area (Å²) in [5, 5.41) is 2.88. The maximum atomic E-state index is 13.3. The van der Waals surface area contributed by atoms with E-state index in [-0.39, 0.29) is 18.1 Å². The number of methoxy groups -OCH3 is 1. The predicted octanol–water partition coefficient (Wildman–Crippen LogP) is 3.23. The van der Waals surface area contributed by atoms with Crippen molar-refractivity contribution >= 4 is 29.6 Å². The van der Waals surface area contributed by atoms with Crippen LogP contribution in [0.15, 0.2) is 53.7 Å². The summed E-state index contributed by atoms with van der Waals surface area (Å²) >= 11 is 0. The molecular weight excluding hydrogens is 406 g/mol. The number of aromatic nitrogens is 3. The lowest BCUT2D eigenvalue weighted by Gasteiger charge is -2.35. The van der Waals surface area contributed by atoms with Gasteiger partial charge in [-0.1, -0.05) is 18.2 Å². The lowest BCUT2D eigenvalue weighted by molar-refractivity contribution is 0.254. The van der Waals surface area contributed by atoms with Crippen LogP contribution in [0.3, 0.4) is 0 Å². The summed E-state index contributed by atoms with van der Waals surface area (Å²) in [5.41, 5.74) is 3.74. The molecule has 1 N–H and O–H groups in total. The Morgan fingerprint density at radius 1 is 1.25 bits per heavy atom. The van der Waals surface area contributed by atoms with Gasteiger partial charge in [-0.05, 0) is 36.2 Å². The molecule has 0 aliphatic carbocycles. The van der Waals surface area contributed by atoms with Crippen molar-refractivity contribution in [1.82, 2.24) is 15.0 Å². The van der Waals surface area contributed by atoms with E-state index in [1.165, 1.54) is 7.11 Å². The predicted molar refractivity (Wildman–Crippen MR) is 124 cm³/mol. The standard InChI is InChI=1S/C23H23N7O2/c1-24-13-15-4-3-5-16(12-15)18-6-7-19-21(26-18)30(17-9-11-29(19)14-17)23(31)28-20-8-10-25-22(27-20)32-2/h3-8,10,12-13,17H,9,11,14H2,1-2H3,(H,25,27,28,31)/b24-13+/t17-/m0/s1. The molecule has 9 heteroatoms. The van der Waals surface area contributed by atoms with Crippen molar-refractivity contribution < 1.29 is 9.53 Å². The smallest absolute Gasteiger partial charge is 0.329 e. The second kappa shape index (κ2) is 8.26. The fourth-order valence-electron chi connectivity index (χ4n) is 4.24. The Kier molecular flexibility index (Phi) is 5.14. The molecule has 1 saturated heterocycles. The van der Waals surface area contributed by atoms with E-state index >= 15 is 0 Å². The molecule has 0 saturated carbocycles. The van der Waals surface area contributed by atoms with Crippen LogP contribution in [0.1, 0.15) is 12.0 Å². The number of fused-ring (bicyclic) bond motifs is 4. The average molecular weight is 429 g/mol. The quantitative estimate of drug-likeness (QED) is 0.640. The third-order valence-corrected chi connectivity index (χ3v) is 5.68. The van der Waals surface area contributed by atoms with Gasteiger partial charge in [0.05, 0.1) is 24.5 Å². The summed E-state index contributed by atoms with van der Waals surface area (Å²) < 4.78 is 5.06. The van der Waals surface area contributed by atoms with Crippen LogP contribution in [0.25, 0.3) is 11.3 Å². The lowest BCUT2D eigenvalue weighted by Crippen LogP contribution is -2.48. The molecule has 2 bridgehead atoms. The molecule has 2 amide bonds. The molecule has 2 aromatic heterocycles. The van der Waals surface area contributed by atoms with Gasteiger partial charge in [-0.3, -0.25) is 15.2 Å². The molecular formula is C23H23N7O2. The molecule has 2 aliphatic rings. The second-order valence-corrected chi connectivity index (χ2v) is 7.67. The first-order valence-electron chi connectivity index (χ1n) is 10.4. The first-order chi connectivity index (χ1) is 15.7. The first kappa shape index (κ1) is 19.9. The number of rotatable bonds is 4. The molecule has 3 aromatic rings. The van der Waals surface area contributed by atoms with Gasteiger partial charge in [-0.25, -0.2) is 14.8 Å². The van der Waals surface area contributed by atoms with Crippen LogP contribution in [0.2, 0.25) is 0 Å². The minimum absolute atomic E-state index is 0.0486. The van der Waals surface area contributed by atoms with Crippen LogP contribution in [0.5, 0.6) is 6.01 Å². The number of benzene rings is 1. The van der Waals surface area contributed by atoms with Crippen LogP contribution >= 0.6 is 0 Å². The molecule has 0 spiro atoms. The lowest BCUT2D eigenvalue weighted by atomic mass is 10.1. The molecule has 1 fully saturated rings. The van der Waals surface area contributed by atoms with Crippen LogP contribution in [-0.4, -0.2) is 60.5 Å². The van der Waals surface area contributed by atoms with E-state index in [0.29, 0.717) is 11.6 Å². The molecule has 0 unspecified atom stereocenters. The summed E-state index contributed by atoms with van der Waals surface area (Å²) in [6.45, 7) is 1.68. The zero-order valence-electron chi connectivity index (χ0n) is 17.9. The molecule has 0 radical (unpaired) electrons. The SMILES string of the molecule is C/N=C/c1cccc(-c2ccc3c(n2)N(C(=O)Nc2ccnc(OC)n2)[C@H]2CCN3C2)c1. The Hall–Kier alpha value is -4.01. The zero-order valence-corrected chi connectivity index (χ0v) is 17.9. The minimum Gasteiger partial charge on any atom is -0.467 e. The Morgan fingerprint density at radius 3 is 3.00 bits per heavy atom. The van der Waals surface area contributed by atoms with Gasteiger partial charge in [-0.2, -0.15) is 4.98 Å². The highest BCUT2D eigenvalue weighted by Crippen LogP contribution is 2.40. The molecule has 9 nitrogen and oxygen atoms in total. The van der Waals surface area contributed by atoms with Crippen LogP contribution in [0.4, 0.5) is 22.1 Å². The summed E-state index contributed by atoms with van der Waals surface area (Å²) in [5.74, 6) is 1.04. The van der Waals surface area contributed by atoms with Crippen LogP contribution in [0, 0.1) is 0 Å². The van der Waals surface area contributed by atoms with Crippen molar-refractivity contribution in [3.63, 3.8) is 0 Å². The molecule has 5 rings (SSSR count). The largest absolute Gasteiger partial charge is 0.467 e. The Bertz CT molecular complexity index is 1200. The number of nitrogens with one attached hydrogen (secondary N) is 1. The fourth-order valence-corrected chi connectivity index (χ4v) is 4.24. The Balaban J connectivity index is 1.51. The Labute approximate surface area is 185 Å². The van der Waals surface area contributed by atoms with E-state index in [0.717, 1.165) is 42.0 Å². The van der Waals surface area contributed by atoms with E-state index in [1.54, 1.807) is 24.2 Å². The van der Waals surface area contributed by atoms with Crippen molar-refractivity contribution in [3.8, 4) is 17.3 Å². The summed E-state index contributed by atoms with van der Waals surface area (Å²) in [6.07, 6.45) is 4.24. The third kappa shape index (κ3) is 3.62. The minimum atomic E-state index is -0.268. The highest BCUT2D eigenvalue weighted by molar-refractivity contribution is 6.04. The first-order valence-corrected chi connectivity index (χ1v) is 10.4. The number of pyridine rings is 1. The number of hydrogen-bond donors (Lipinski definition) is 1. The van der Waals surface area contributed by atoms with Gasteiger partial charge in [-0.15, -0.1) is 0 Å². The normalized spacial score (nSPS) is 16.9. The highest BCUT2D eigenvalue weighted by atomic mass is 16.5. The zero-order chi connectivity index (χ0) is 22.1. The molecule has 2 aliphatic heterocycles. The molecule has 1 atom stereocenters. The van der Waals surface area contributed by atoms with E-state index in [2.05, 4.69) is 25.2 Å². The van der Waals surface area contributed by atoms with E-state index in [1.807, 2.05) is 42.6 Å². The van der Waals surface area contributed by atoms with Gasteiger partial charge in [0.15, 0.2) is 5.82 Å². The molecule has 4 heterocycles. The van der Waals surface area contributed by atoms with Gasteiger partial charge in [0.2, 0.25) is 0 Å². The number of carbonyl (C=O) groups is 1. The number of nitrogens with zero attached hydrogens (tertiary/aromatic N) is 6. The van der Waals surface area contributed by atoms with E-state index in [4.69, 9.17) is 9.72 Å². The molecule has 1 aromatic carbocycles. The Morgan fingerprint density at radius 2 is 2.16 bits per heavy atom. The van der Waals surface area contributed by atoms with Crippen LogP contribution < -0.4 is 19.9 Å². The summed E-state index contributed by atoms with van der Waals surface area (Å²) in [6, 6.07) is 13.7.